The van der Waals surface area contributed by atoms with Crippen LogP contribution in [0.15, 0.2) is 94.7 Å². The van der Waals surface area contributed by atoms with Crippen LogP contribution in [0.25, 0.3) is 43.8 Å². The van der Waals surface area contributed by atoms with E-state index in [0.717, 1.165) is 43.8 Å². The molecule has 6 aromatic carbocycles. The lowest BCUT2D eigenvalue weighted by Gasteiger charge is -2.27. The van der Waals surface area contributed by atoms with Crippen molar-refractivity contribution in [2.75, 3.05) is 0 Å². The highest BCUT2D eigenvalue weighted by Gasteiger charge is 2.32. The van der Waals surface area contributed by atoms with E-state index in [1.807, 2.05) is 19.1 Å². The maximum atomic E-state index is 15.3. The second-order valence-corrected chi connectivity index (χ2v) is 20.5. The van der Waals surface area contributed by atoms with Gasteiger partial charge in [0.25, 0.3) is 0 Å². The smallest absolute Gasteiger partial charge is 0.391 e. The molecular formula is C51H61O5PS. The van der Waals surface area contributed by atoms with Gasteiger partial charge in [0.2, 0.25) is 9.84 Å². The van der Waals surface area contributed by atoms with Crippen LogP contribution in [0.5, 0.6) is 5.75 Å². The van der Waals surface area contributed by atoms with E-state index in [4.69, 9.17) is 4.52 Å². The van der Waals surface area contributed by atoms with Crippen LogP contribution in [0.4, 0.5) is 0 Å². The SMILES string of the molecule is Cc1ccccc1S(=O)(=O)c1ccc(OP(O)O)c(-c2cc3c(C(C)C)cc(C(C)C)cc3cc2C(C)C)c1-c1cc2c(C(C)C)cc(C(C)C)cc2cc1C(C)C. The molecule has 0 radical (unpaired) electrons. The molecule has 0 spiro atoms. The molecule has 0 amide bonds. The van der Waals surface area contributed by atoms with Crippen molar-refractivity contribution in [1.82, 2.24) is 0 Å². The summed E-state index contributed by atoms with van der Waals surface area (Å²) >= 11 is 0. The van der Waals surface area contributed by atoms with Gasteiger partial charge in [0.1, 0.15) is 5.75 Å². The fourth-order valence-electron chi connectivity index (χ4n) is 8.44. The summed E-state index contributed by atoms with van der Waals surface area (Å²) in [6, 6.07) is 28.3. The van der Waals surface area contributed by atoms with Gasteiger partial charge in [0.05, 0.1) is 9.79 Å². The summed E-state index contributed by atoms with van der Waals surface area (Å²) in [5, 5.41) is 4.37. The Morgan fingerprint density at radius 1 is 0.500 bits per heavy atom. The van der Waals surface area contributed by atoms with Gasteiger partial charge in [-0.2, -0.15) is 0 Å². The van der Waals surface area contributed by atoms with Crippen molar-refractivity contribution in [1.29, 1.82) is 0 Å². The van der Waals surface area contributed by atoms with E-state index in [1.165, 1.54) is 22.3 Å². The highest BCUT2D eigenvalue weighted by Crippen LogP contribution is 2.52. The molecule has 6 aromatic rings. The number of aryl methyl sites for hydroxylation is 1. The van der Waals surface area contributed by atoms with Gasteiger partial charge in [-0.3, -0.25) is 0 Å². The monoisotopic (exact) mass is 816 g/mol. The van der Waals surface area contributed by atoms with E-state index in [9.17, 15) is 9.79 Å². The summed E-state index contributed by atoms with van der Waals surface area (Å²) in [5.41, 5.74) is 10.2. The molecule has 5 nitrogen and oxygen atoms in total. The first kappa shape index (κ1) is 43.5. The summed E-state index contributed by atoms with van der Waals surface area (Å²) in [6.45, 7) is 28.1. The number of benzene rings is 6. The zero-order valence-electron chi connectivity index (χ0n) is 36.5. The van der Waals surface area contributed by atoms with E-state index in [2.05, 4.69) is 132 Å². The Bertz CT molecular complexity index is 2620. The second kappa shape index (κ2) is 16.9. The number of hydrogen-bond donors (Lipinski definition) is 2. The molecule has 7 heteroatoms. The first-order valence-electron chi connectivity index (χ1n) is 20.8. The summed E-state index contributed by atoms with van der Waals surface area (Å²) in [5.74, 6) is 1.33. The Kier molecular flexibility index (Phi) is 12.7. The Morgan fingerprint density at radius 2 is 0.948 bits per heavy atom. The first-order valence-corrected chi connectivity index (χ1v) is 23.4. The molecule has 0 fully saturated rings. The van der Waals surface area contributed by atoms with E-state index in [0.29, 0.717) is 28.5 Å². The molecule has 2 N–H and O–H groups in total. The Labute approximate surface area is 348 Å². The molecule has 0 aliphatic rings. The van der Waals surface area contributed by atoms with Crippen molar-refractivity contribution in [2.24, 2.45) is 0 Å². The molecule has 0 aliphatic heterocycles. The molecule has 6 rings (SSSR count). The number of hydrogen-bond acceptors (Lipinski definition) is 5. The summed E-state index contributed by atoms with van der Waals surface area (Å²) in [4.78, 5) is 21.5. The van der Waals surface area contributed by atoms with E-state index >= 15 is 8.42 Å². The third-order valence-electron chi connectivity index (χ3n) is 11.7. The quantitative estimate of drug-likeness (QED) is 0.120. The van der Waals surface area contributed by atoms with Gasteiger partial charge < -0.3 is 14.3 Å². The minimum Gasteiger partial charge on any atom is -0.426 e. The van der Waals surface area contributed by atoms with Crippen molar-refractivity contribution in [2.45, 2.75) is 135 Å². The Balaban J connectivity index is 1.92. The van der Waals surface area contributed by atoms with Crippen LogP contribution in [0, 0.1) is 6.92 Å². The van der Waals surface area contributed by atoms with E-state index in [1.54, 1.807) is 24.3 Å². The fraction of sp³-hybridized carbons (Fsp3) is 0.373. The van der Waals surface area contributed by atoms with Gasteiger partial charge in [0.15, 0.2) is 0 Å². The molecule has 0 saturated heterocycles. The molecule has 58 heavy (non-hydrogen) atoms. The molecule has 0 aliphatic carbocycles. The topological polar surface area (TPSA) is 83.8 Å². The van der Waals surface area contributed by atoms with Crippen LogP contribution in [0.1, 0.15) is 158 Å². The van der Waals surface area contributed by atoms with Crippen LogP contribution in [-0.4, -0.2) is 18.2 Å². The molecular weight excluding hydrogens is 756 g/mol. The molecule has 0 aromatic heterocycles. The van der Waals surface area contributed by atoms with Crippen molar-refractivity contribution in [3.63, 3.8) is 0 Å². The molecule has 0 atom stereocenters. The largest absolute Gasteiger partial charge is 0.426 e. The molecule has 0 saturated carbocycles. The minimum atomic E-state index is -4.15. The lowest BCUT2D eigenvalue weighted by atomic mass is 9.80. The maximum absolute atomic E-state index is 15.3. The van der Waals surface area contributed by atoms with Gasteiger partial charge >= 0.3 is 8.60 Å². The second-order valence-electron chi connectivity index (χ2n) is 17.9. The summed E-state index contributed by atoms with van der Waals surface area (Å²) < 4.78 is 36.7. The van der Waals surface area contributed by atoms with Crippen LogP contribution in [-0.2, 0) is 9.84 Å². The van der Waals surface area contributed by atoms with Crippen LogP contribution in [0.3, 0.4) is 0 Å². The Morgan fingerprint density at radius 3 is 1.36 bits per heavy atom. The van der Waals surface area contributed by atoms with Crippen molar-refractivity contribution in [3.8, 4) is 28.0 Å². The van der Waals surface area contributed by atoms with Gasteiger partial charge in [0, 0.05) is 11.1 Å². The van der Waals surface area contributed by atoms with Gasteiger partial charge in [-0.25, -0.2) is 8.42 Å². The lowest BCUT2D eigenvalue weighted by molar-refractivity contribution is 0.375. The minimum absolute atomic E-state index is 0.00650. The highest BCUT2D eigenvalue weighted by atomic mass is 32.2. The number of sulfone groups is 1. The third kappa shape index (κ3) is 8.23. The van der Waals surface area contributed by atoms with Gasteiger partial charge in [-0.05, 0) is 144 Å². The number of rotatable bonds is 12. The van der Waals surface area contributed by atoms with Crippen LogP contribution >= 0.6 is 8.60 Å². The highest BCUT2D eigenvalue weighted by molar-refractivity contribution is 7.91. The third-order valence-corrected chi connectivity index (χ3v) is 14.0. The first-order chi connectivity index (χ1) is 27.2. The normalized spacial score (nSPS) is 12.6. The standard InChI is InChI=1S/C51H61O5PS/c1-28(2)35-20-37-24-41(32(9)10)45(26-43(37)39(22-35)30(5)6)50-47(56-57(52)53)18-19-49(58(54,55)48-17-15-14-16-34(48)13)51(50)46-27-44-38(25-42(46)33(11)12)21-36(29(3)4)23-40(44)31(7)8/h14-33,52-53H,1-13H3. The zero-order chi connectivity index (χ0) is 42.5. The average molecular weight is 817 g/mol. The van der Waals surface area contributed by atoms with Crippen molar-refractivity contribution in [3.05, 3.63) is 124 Å². The van der Waals surface area contributed by atoms with E-state index in [-0.39, 0.29) is 39.2 Å². The summed E-state index contributed by atoms with van der Waals surface area (Å²) in [6.07, 6.45) is 0. The maximum Gasteiger partial charge on any atom is 0.391 e. The van der Waals surface area contributed by atoms with Crippen molar-refractivity contribution < 1.29 is 22.7 Å². The molecule has 306 valence electrons. The zero-order valence-corrected chi connectivity index (χ0v) is 38.2. The average Bonchev–Trinajstić information content (AvgIpc) is 3.15. The van der Waals surface area contributed by atoms with Gasteiger partial charge in [-0.15, -0.1) is 0 Å². The van der Waals surface area contributed by atoms with Gasteiger partial charge in [-0.1, -0.05) is 138 Å². The van der Waals surface area contributed by atoms with Crippen LogP contribution in [0.2, 0.25) is 0 Å². The van der Waals surface area contributed by atoms with E-state index < -0.39 is 18.4 Å². The number of fused-ring (bicyclic) bond motifs is 2. The van der Waals surface area contributed by atoms with Crippen molar-refractivity contribution >= 4 is 40.0 Å². The molecule has 0 heterocycles. The summed E-state index contributed by atoms with van der Waals surface area (Å²) in [7, 11) is -7.01. The predicted molar refractivity (Wildman–Crippen MR) is 245 cm³/mol. The Hall–Kier alpha value is -4.06. The van der Waals surface area contributed by atoms with Crippen LogP contribution < -0.4 is 4.52 Å². The lowest BCUT2D eigenvalue weighted by Crippen LogP contribution is -2.10. The molecule has 0 unspecified atom stereocenters. The fourth-order valence-corrected chi connectivity index (χ4v) is 10.5. The molecule has 0 bridgehead atoms. The predicted octanol–water partition coefficient (Wildman–Crippen LogP) is 14.8.